The van der Waals surface area contributed by atoms with E-state index < -0.39 is 24.2 Å². The van der Waals surface area contributed by atoms with Gasteiger partial charge >= 0.3 is 0 Å². The number of para-hydroxylation sites is 1. The van der Waals surface area contributed by atoms with Gasteiger partial charge in [-0.2, -0.15) is 5.06 Å². The number of likely N-dealkylation sites (N-methyl/N-ethyl adjacent to an activating group) is 1. The first-order chi connectivity index (χ1) is 27.6. The number of carbonyl (C=O) groups is 2. The molecule has 2 amide bonds. The van der Waals surface area contributed by atoms with Gasteiger partial charge in [0.2, 0.25) is 5.91 Å². The van der Waals surface area contributed by atoms with Crippen molar-refractivity contribution in [3.8, 4) is 16.9 Å². The highest BCUT2D eigenvalue weighted by Gasteiger charge is 2.57. The first-order valence-electron chi connectivity index (χ1n) is 20.4. The van der Waals surface area contributed by atoms with Gasteiger partial charge in [-0.25, -0.2) is 0 Å². The van der Waals surface area contributed by atoms with Crippen molar-refractivity contribution >= 4 is 17.5 Å². The Morgan fingerprint density at radius 2 is 1.91 bits per heavy atom. The number of hydrogen-bond acceptors (Lipinski definition) is 10. The lowest BCUT2D eigenvalue weighted by Crippen LogP contribution is -2.62. The average Bonchev–Trinajstić information content (AvgIpc) is 3.55. The van der Waals surface area contributed by atoms with Crippen LogP contribution in [0.1, 0.15) is 62.2 Å². The predicted octanol–water partition coefficient (Wildman–Crippen LogP) is 5.70. The summed E-state index contributed by atoms with van der Waals surface area (Å²) in [4.78, 5) is 46.3. The summed E-state index contributed by atoms with van der Waals surface area (Å²) in [6.07, 6.45) is 2.79. The molecule has 312 valence electrons. The molecule has 3 N–H and O–H groups in total. The van der Waals surface area contributed by atoms with Gasteiger partial charge in [0.05, 0.1) is 32.4 Å². The summed E-state index contributed by atoms with van der Waals surface area (Å²) < 4.78 is 6.12. The first-order valence-corrected chi connectivity index (χ1v) is 20.4. The molecule has 0 unspecified atom stereocenters. The van der Waals surface area contributed by atoms with Gasteiger partial charge in [-0.1, -0.05) is 50.2 Å². The van der Waals surface area contributed by atoms with Crippen molar-refractivity contribution in [2.45, 2.75) is 83.8 Å². The number of hydroxylamine groups is 2. The van der Waals surface area contributed by atoms with Crippen LogP contribution in [0.4, 0.5) is 5.69 Å². The summed E-state index contributed by atoms with van der Waals surface area (Å²) in [7, 11) is 9.43. The number of benzene rings is 2. The number of fused-ring (bicyclic) bond motifs is 2. The second kappa shape index (κ2) is 18.0. The lowest BCUT2D eigenvalue weighted by Gasteiger charge is -2.62. The molecule has 0 radical (unpaired) electrons. The zero-order valence-electron chi connectivity index (χ0n) is 35.4. The van der Waals surface area contributed by atoms with Crippen molar-refractivity contribution in [3.63, 3.8) is 0 Å². The Labute approximate surface area is 342 Å². The third-order valence-electron chi connectivity index (χ3n) is 12.9. The number of ether oxygens (including phenoxy) is 1. The van der Waals surface area contributed by atoms with E-state index in [1.807, 2.05) is 92.6 Å². The van der Waals surface area contributed by atoms with E-state index in [4.69, 9.17) is 9.57 Å². The van der Waals surface area contributed by atoms with Crippen molar-refractivity contribution in [3.05, 3.63) is 88.1 Å². The van der Waals surface area contributed by atoms with Gasteiger partial charge in [-0.3, -0.25) is 19.4 Å². The van der Waals surface area contributed by atoms with Crippen LogP contribution in [0.15, 0.2) is 65.9 Å². The van der Waals surface area contributed by atoms with Crippen LogP contribution in [-0.4, -0.2) is 111 Å². The molecule has 9 atom stereocenters. The number of nitrogens with zero attached hydrogens (tertiary/aromatic N) is 7. The normalized spacial score (nSPS) is 25.9. The molecular formula is C44H61N9O5. The van der Waals surface area contributed by atoms with Crippen LogP contribution >= 0.6 is 0 Å². The standard InChI is InChI=1S/C44H61N9O5/c1-26-36-20-31(44(36,3)4)21-37(26)49-43(56)40-39(27(2)54)38(23-47-50-45)58-53(40)24-28-13-12-15-35(41(28)57-9)29-17-30(19-34(18-29)52(7)8)42(55)48-33(25-51(5)6)22-32-14-10-11-16-46-32/h10-19,26-27,31,33,36-40,54H,20-25H2,1-9H3,(H,48,55)(H,49,56)/t26-,27-,31+,33-,36-,37-,38-,39+,40-/m0/s1. The van der Waals surface area contributed by atoms with Crippen LogP contribution in [0.2, 0.25) is 0 Å². The molecule has 1 aliphatic heterocycles. The summed E-state index contributed by atoms with van der Waals surface area (Å²) in [6, 6.07) is 16.3. The fourth-order valence-electron chi connectivity index (χ4n) is 9.74. The van der Waals surface area contributed by atoms with Crippen molar-refractivity contribution in [1.29, 1.82) is 0 Å². The van der Waals surface area contributed by atoms with Crippen LogP contribution in [0, 0.1) is 29.1 Å². The van der Waals surface area contributed by atoms with E-state index in [0.29, 0.717) is 42.0 Å². The van der Waals surface area contributed by atoms with E-state index in [0.717, 1.165) is 34.5 Å². The zero-order valence-corrected chi connectivity index (χ0v) is 35.4. The van der Waals surface area contributed by atoms with Gasteiger partial charge in [0, 0.05) is 84.2 Å². The summed E-state index contributed by atoms with van der Waals surface area (Å²) >= 11 is 0. The smallest absolute Gasteiger partial charge is 0.251 e. The van der Waals surface area contributed by atoms with E-state index in [1.54, 1.807) is 25.3 Å². The lowest BCUT2D eigenvalue weighted by atomic mass is 9.45. The number of methoxy groups -OCH3 is 1. The number of hydrogen-bond donors (Lipinski definition) is 3. The highest BCUT2D eigenvalue weighted by atomic mass is 16.7. The number of amides is 2. The quantitative estimate of drug-likeness (QED) is 0.0936. The van der Waals surface area contributed by atoms with E-state index in [1.165, 1.54) is 6.42 Å². The van der Waals surface area contributed by atoms with Gasteiger partial charge < -0.3 is 30.3 Å². The maximum absolute atomic E-state index is 14.4. The first kappa shape index (κ1) is 42.9. The molecule has 1 aromatic heterocycles. The van der Waals surface area contributed by atoms with Crippen LogP contribution < -0.4 is 20.3 Å². The number of pyridine rings is 1. The van der Waals surface area contributed by atoms with E-state index in [2.05, 4.69) is 46.4 Å². The van der Waals surface area contributed by atoms with Gasteiger partial charge in [0.15, 0.2) is 0 Å². The van der Waals surface area contributed by atoms with Crippen molar-refractivity contribution < 1.29 is 24.3 Å². The summed E-state index contributed by atoms with van der Waals surface area (Å²) in [5.41, 5.74) is 14.0. The Morgan fingerprint density at radius 1 is 1.14 bits per heavy atom. The van der Waals surface area contributed by atoms with Gasteiger partial charge in [0.1, 0.15) is 11.8 Å². The van der Waals surface area contributed by atoms with Crippen molar-refractivity contribution in [2.24, 2.45) is 34.2 Å². The molecule has 14 nitrogen and oxygen atoms in total. The molecular weight excluding hydrogens is 735 g/mol. The number of rotatable bonds is 16. The van der Waals surface area contributed by atoms with Gasteiger partial charge in [-0.05, 0) is 98.5 Å². The SMILES string of the molecule is COc1c(CN2O[C@@H](CN=[N+]=[N-])[C@@H]([C@H](C)O)[C@H]2C(=O)N[C@H]2C[C@H]3C[C@@H]([C@@H]2C)C3(C)C)cccc1-c1cc(C(=O)N[C@@H](Cc2ccccn2)CN(C)C)cc(N(C)C)c1. The Hall–Kier alpha value is -4.72. The van der Waals surface area contributed by atoms with E-state index in [-0.39, 0.29) is 42.4 Å². The minimum absolute atomic E-state index is 0.0124. The molecule has 58 heavy (non-hydrogen) atoms. The van der Waals surface area contributed by atoms with Gasteiger partial charge in [-0.15, -0.1) is 0 Å². The second-order valence-electron chi connectivity index (χ2n) is 17.6. The second-order valence-corrected chi connectivity index (χ2v) is 17.6. The van der Waals surface area contributed by atoms with E-state index in [9.17, 15) is 20.2 Å². The fraction of sp³-hybridized carbons (Fsp3) is 0.568. The minimum atomic E-state index is -0.927. The largest absolute Gasteiger partial charge is 0.496 e. The monoisotopic (exact) mass is 795 g/mol. The lowest BCUT2D eigenvalue weighted by molar-refractivity contribution is -0.175. The summed E-state index contributed by atoms with van der Waals surface area (Å²) in [5.74, 6) is 0.880. The molecule has 14 heteroatoms. The molecule has 7 rings (SSSR count). The number of aliphatic hydroxyl groups is 1. The molecule has 2 aromatic carbocycles. The zero-order chi connectivity index (χ0) is 41.9. The molecule has 4 aliphatic rings. The van der Waals surface area contributed by atoms with Crippen LogP contribution in [0.25, 0.3) is 21.6 Å². The van der Waals surface area contributed by atoms with Crippen LogP contribution in [-0.2, 0) is 22.6 Å². The highest BCUT2D eigenvalue weighted by Crippen LogP contribution is 2.61. The topological polar surface area (TPSA) is 168 Å². The molecule has 3 saturated carbocycles. The minimum Gasteiger partial charge on any atom is -0.496 e. The Morgan fingerprint density at radius 3 is 2.53 bits per heavy atom. The third-order valence-corrected chi connectivity index (χ3v) is 12.9. The van der Waals surface area contributed by atoms with E-state index >= 15 is 0 Å². The number of aromatic nitrogens is 1. The number of anilines is 1. The van der Waals surface area contributed by atoms with Crippen molar-refractivity contribution in [2.75, 3.05) is 53.3 Å². The predicted molar refractivity (Wildman–Crippen MR) is 225 cm³/mol. The number of azide groups is 1. The number of carbonyl (C=O) groups excluding carboxylic acids is 2. The maximum Gasteiger partial charge on any atom is 0.251 e. The maximum atomic E-state index is 14.4. The molecule has 1 saturated heterocycles. The van der Waals surface area contributed by atoms with Gasteiger partial charge in [0.25, 0.3) is 5.91 Å². The molecule has 3 aliphatic carbocycles. The molecule has 4 fully saturated rings. The highest BCUT2D eigenvalue weighted by molar-refractivity contribution is 5.97. The van der Waals surface area contributed by atoms with Crippen molar-refractivity contribution in [1.82, 2.24) is 25.6 Å². The molecule has 2 bridgehead atoms. The Balaban J connectivity index is 1.30. The summed E-state index contributed by atoms with van der Waals surface area (Å²) in [6.45, 7) is 9.28. The fourth-order valence-corrected chi connectivity index (χ4v) is 9.74. The number of aliphatic hydroxyl groups excluding tert-OH is 1. The Kier molecular flexibility index (Phi) is 13.3. The Bertz CT molecular complexity index is 1970. The summed E-state index contributed by atoms with van der Waals surface area (Å²) in [5, 5.41) is 23.1. The third kappa shape index (κ3) is 9.11. The molecule has 0 spiro atoms. The van der Waals surface area contributed by atoms with Crippen LogP contribution in [0.3, 0.4) is 0 Å². The average molecular weight is 796 g/mol. The number of nitrogens with one attached hydrogen (secondary N) is 2. The molecule has 2 heterocycles. The molecule has 3 aromatic rings. The van der Waals surface area contributed by atoms with Crippen LogP contribution in [0.5, 0.6) is 5.75 Å².